The molecule has 180 valence electrons. The number of carbonyl (C=O) groups is 3. The number of anilines is 1. The van der Waals surface area contributed by atoms with Gasteiger partial charge in [0.2, 0.25) is 0 Å². The fourth-order valence-electron chi connectivity index (χ4n) is 4.28. The van der Waals surface area contributed by atoms with Crippen molar-refractivity contribution < 1.29 is 23.9 Å². The number of carbonyl (C=O) groups excluding carboxylic acids is 3. The molecule has 1 aliphatic rings. The van der Waals surface area contributed by atoms with Gasteiger partial charge in [-0.25, -0.2) is 14.5 Å². The molecular weight excluding hydrogens is 444 g/mol. The van der Waals surface area contributed by atoms with Crippen LogP contribution in [0.25, 0.3) is 0 Å². The molecule has 0 bridgehead atoms. The Kier molecular flexibility index (Phi) is 6.35. The van der Waals surface area contributed by atoms with Gasteiger partial charge in [0.05, 0.1) is 5.69 Å². The molecule has 35 heavy (non-hydrogen) atoms. The molecule has 1 aliphatic heterocycles. The van der Waals surface area contributed by atoms with Crippen LogP contribution in [0.3, 0.4) is 0 Å². The number of para-hydroxylation sites is 1. The summed E-state index contributed by atoms with van der Waals surface area (Å²) in [5, 5.41) is 0. The van der Waals surface area contributed by atoms with Gasteiger partial charge in [-0.15, -0.1) is 0 Å². The molecule has 0 N–H and O–H groups in total. The van der Waals surface area contributed by atoms with E-state index in [1.54, 1.807) is 69.3 Å². The van der Waals surface area contributed by atoms with Gasteiger partial charge in [0.25, 0.3) is 5.91 Å². The van der Waals surface area contributed by atoms with E-state index in [9.17, 15) is 14.4 Å². The Bertz CT molecular complexity index is 1240. The number of imide groups is 1. The number of hydrogen-bond donors (Lipinski definition) is 0. The van der Waals surface area contributed by atoms with Crippen molar-refractivity contribution in [2.24, 2.45) is 0 Å². The number of nitrogens with zero attached hydrogens (tertiary/aromatic N) is 2. The Morgan fingerprint density at radius 2 is 1.46 bits per heavy atom. The lowest BCUT2D eigenvalue weighted by Gasteiger charge is -2.37. The Hall–Kier alpha value is -4.13. The van der Waals surface area contributed by atoms with Gasteiger partial charge >= 0.3 is 12.2 Å². The van der Waals surface area contributed by atoms with Crippen molar-refractivity contribution in [3.8, 4) is 0 Å². The van der Waals surface area contributed by atoms with E-state index in [-0.39, 0.29) is 6.61 Å². The predicted octanol–water partition coefficient (Wildman–Crippen LogP) is 5.48. The predicted molar refractivity (Wildman–Crippen MR) is 132 cm³/mol. The summed E-state index contributed by atoms with van der Waals surface area (Å²) in [6.45, 7) is 5.24. The van der Waals surface area contributed by atoms with Crippen LogP contribution in [0.5, 0.6) is 0 Å². The molecule has 0 fully saturated rings. The third-order valence-electron chi connectivity index (χ3n) is 5.80. The molecule has 0 aliphatic carbocycles. The fourth-order valence-corrected chi connectivity index (χ4v) is 4.28. The Labute approximate surface area is 204 Å². The van der Waals surface area contributed by atoms with Gasteiger partial charge in [0.1, 0.15) is 12.2 Å². The van der Waals surface area contributed by atoms with Crippen molar-refractivity contribution in [3.63, 3.8) is 0 Å². The first-order chi connectivity index (χ1) is 16.7. The van der Waals surface area contributed by atoms with E-state index in [4.69, 9.17) is 9.47 Å². The molecule has 0 unspecified atom stereocenters. The molecule has 0 radical (unpaired) electrons. The molecule has 3 aromatic rings. The molecule has 3 amide bonds. The number of benzene rings is 3. The summed E-state index contributed by atoms with van der Waals surface area (Å²) in [4.78, 5) is 43.0. The highest BCUT2D eigenvalue weighted by molar-refractivity contribution is 6.22. The summed E-state index contributed by atoms with van der Waals surface area (Å²) in [5.41, 5.74) is -0.244. The zero-order chi connectivity index (χ0) is 25.2. The van der Waals surface area contributed by atoms with Crippen LogP contribution >= 0.6 is 0 Å². The summed E-state index contributed by atoms with van der Waals surface area (Å²) >= 11 is 0. The number of hydrogen-bond acceptors (Lipinski definition) is 5. The summed E-state index contributed by atoms with van der Waals surface area (Å²) in [5.74, 6) is -0.613. The molecule has 0 saturated heterocycles. The first-order valence-electron chi connectivity index (χ1n) is 11.3. The SMILES string of the molecule is CN(C(=O)OCc1ccccc1)[C@@]1(c2ccccc2)C(=O)N(C(=O)OC(C)(C)C)c2ccccc21. The van der Waals surface area contributed by atoms with E-state index in [0.29, 0.717) is 16.8 Å². The van der Waals surface area contributed by atoms with E-state index in [0.717, 1.165) is 10.5 Å². The maximum Gasteiger partial charge on any atom is 0.421 e. The van der Waals surface area contributed by atoms with Crippen LogP contribution in [0.1, 0.15) is 37.5 Å². The summed E-state index contributed by atoms with van der Waals surface area (Å²) in [7, 11) is 1.51. The second kappa shape index (κ2) is 9.25. The largest absolute Gasteiger partial charge is 0.445 e. The number of ether oxygens (including phenoxy) is 2. The maximum absolute atomic E-state index is 14.2. The lowest BCUT2D eigenvalue weighted by molar-refractivity contribution is -0.126. The van der Waals surface area contributed by atoms with Gasteiger partial charge in [-0.3, -0.25) is 9.69 Å². The van der Waals surface area contributed by atoms with Crippen LogP contribution in [-0.4, -0.2) is 35.6 Å². The van der Waals surface area contributed by atoms with E-state index in [1.807, 2.05) is 36.4 Å². The Morgan fingerprint density at radius 1 is 0.886 bits per heavy atom. The molecule has 0 saturated carbocycles. The van der Waals surface area contributed by atoms with Gasteiger partial charge < -0.3 is 9.47 Å². The second-order valence-electron chi connectivity index (χ2n) is 9.31. The molecule has 1 heterocycles. The van der Waals surface area contributed by atoms with E-state index >= 15 is 0 Å². The highest BCUT2D eigenvalue weighted by Gasteiger charge is 2.59. The first kappa shape index (κ1) is 24.0. The van der Waals surface area contributed by atoms with Gasteiger partial charge in [0, 0.05) is 12.6 Å². The first-order valence-corrected chi connectivity index (χ1v) is 11.3. The summed E-state index contributed by atoms with van der Waals surface area (Å²) < 4.78 is 11.1. The Morgan fingerprint density at radius 3 is 2.09 bits per heavy atom. The normalized spacial score (nSPS) is 17.0. The lowest BCUT2D eigenvalue weighted by atomic mass is 9.82. The monoisotopic (exact) mass is 472 g/mol. The van der Waals surface area contributed by atoms with Crippen molar-refractivity contribution in [1.29, 1.82) is 0 Å². The highest BCUT2D eigenvalue weighted by atomic mass is 16.6. The quantitative estimate of drug-likeness (QED) is 0.503. The van der Waals surface area contributed by atoms with Gasteiger partial charge in [-0.1, -0.05) is 78.9 Å². The fraction of sp³-hybridized carbons (Fsp3) is 0.250. The number of amides is 3. The lowest BCUT2D eigenvalue weighted by Crippen LogP contribution is -2.56. The molecule has 0 spiro atoms. The molecular formula is C28H28N2O5. The van der Waals surface area contributed by atoms with Crippen LogP contribution < -0.4 is 4.90 Å². The van der Waals surface area contributed by atoms with Crippen LogP contribution in [0.2, 0.25) is 0 Å². The zero-order valence-corrected chi connectivity index (χ0v) is 20.2. The Balaban J connectivity index is 1.80. The van der Waals surface area contributed by atoms with E-state index < -0.39 is 29.2 Å². The number of rotatable bonds is 4. The van der Waals surface area contributed by atoms with Gasteiger partial charge in [-0.05, 0) is 38.0 Å². The molecule has 3 aromatic carbocycles. The minimum absolute atomic E-state index is 0.0422. The topological polar surface area (TPSA) is 76.2 Å². The van der Waals surface area contributed by atoms with E-state index in [1.165, 1.54) is 11.9 Å². The third-order valence-corrected chi connectivity index (χ3v) is 5.80. The van der Waals surface area contributed by atoms with Gasteiger partial charge in [0.15, 0.2) is 5.54 Å². The molecule has 7 heteroatoms. The molecule has 7 nitrogen and oxygen atoms in total. The average molecular weight is 473 g/mol. The summed E-state index contributed by atoms with van der Waals surface area (Å²) in [6, 6.07) is 25.1. The molecule has 1 atom stereocenters. The highest BCUT2D eigenvalue weighted by Crippen LogP contribution is 2.48. The van der Waals surface area contributed by atoms with Crippen LogP contribution in [0.4, 0.5) is 15.3 Å². The van der Waals surface area contributed by atoms with Crippen molar-refractivity contribution in [1.82, 2.24) is 4.90 Å². The minimum Gasteiger partial charge on any atom is -0.445 e. The van der Waals surface area contributed by atoms with E-state index in [2.05, 4.69) is 0 Å². The number of likely N-dealkylation sites (N-methyl/N-ethyl adjacent to an activating group) is 1. The second-order valence-corrected chi connectivity index (χ2v) is 9.31. The van der Waals surface area contributed by atoms with Crippen molar-refractivity contribution in [2.75, 3.05) is 11.9 Å². The molecule has 0 aromatic heterocycles. The smallest absolute Gasteiger partial charge is 0.421 e. The van der Waals surface area contributed by atoms with Crippen LogP contribution in [0, 0.1) is 0 Å². The van der Waals surface area contributed by atoms with Crippen molar-refractivity contribution in [2.45, 2.75) is 38.5 Å². The van der Waals surface area contributed by atoms with Crippen molar-refractivity contribution >= 4 is 23.8 Å². The standard InChI is InChI=1S/C28H28N2O5/c1-27(2,3)35-26(33)30-23-18-12-11-17-22(23)28(24(30)31,21-15-9-6-10-16-21)29(4)25(32)34-19-20-13-7-5-8-14-20/h5-18H,19H2,1-4H3/t28-/m1/s1. The average Bonchev–Trinajstić information content (AvgIpc) is 3.11. The van der Waals surface area contributed by atoms with Crippen LogP contribution in [-0.2, 0) is 26.4 Å². The zero-order valence-electron chi connectivity index (χ0n) is 20.2. The van der Waals surface area contributed by atoms with Crippen LogP contribution in [0.15, 0.2) is 84.9 Å². The maximum atomic E-state index is 14.2. The molecule has 4 rings (SSSR count). The third kappa shape index (κ3) is 4.37. The number of fused-ring (bicyclic) bond motifs is 1. The van der Waals surface area contributed by atoms with Crippen molar-refractivity contribution in [3.05, 3.63) is 102 Å². The van der Waals surface area contributed by atoms with Gasteiger partial charge in [-0.2, -0.15) is 0 Å². The summed E-state index contributed by atoms with van der Waals surface area (Å²) in [6.07, 6.45) is -1.51. The minimum atomic E-state index is -1.62.